The number of ether oxygens (including phenoxy) is 1. The fraction of sp³-hybridized carbons (Fsp3) is 0.471. The third-order valence-corrected chi connectivity index (χ3v) is 10.6. The maximum atomic E-state index is 17.0. The number of aryl methyl sites for hydroxylation is 1. The first kappa shape index (κ1) is 28.2. The van der Waals surface area contributed by atoms with Gasteiger partial charge in [0.05, 0.1) is 10.6 Å². The van der Waals surface area contributed by atoms with Gasteiger partial charge in [0.1, 0.15) is 29.9 Å². The van der Waals surface area contributed by atoms with Crippen LogP contribution in [0, 0.1) is 5.82 Å². The van der Waals surface area contributed by atoms with Crippen LogP contribution in [0.3, 0.4) is 0 Å². The number of fused-ring (bicyclic) bond motifs is 5. The van der Waals surface area contributed by atoms with Gasteiger partial charge in [0.15, 0.2) is 5.82 Å². The molecule has 4 atom stereocenters. The normalized spacial score (nSPS) is 26.6. The third kappa shape index (κ3) is 4.58. The molecule has 8 rings (SSSR count). The number of nitrogens with one attached hydrogen (secondary N) is 1. The molecule has 10 heteroatoms. The molecule has 230 valence electrons. The SMILES string of the molecule is CCc1cccc2cc(O)cc(-c3c(Cl)cc4c(N5CC6CCC(C5)N6)nc(OC[C@]56CCCN5C[C@H](F)C6)nc4c3F)c12. The van der Waals surface area contributed by atoms with Crippen molar-refractivity contribution in [2.75, 3.05) is 37.7 Å². The van der Waals surface area contributed by atoms with E-state index < -0.39 is 12.0 Å². The fourth-order valence-electron chi connectivity index (χ4n) is 8.31. The van der Waals surface area contributed by atoms with Crippen LogP contribution >= 0.6 is 11.6 Å². The molecule has 4 aromatic rings. The summed E-state index contributed by atoms with van der Waals surface area (Å²) in [5.41, 5.74) is 1.47. The number of halogens is 3. The molecule has 44 heavy (non-hydrogen) atoms. The molecule has 0 radical (unpaired) electrons. The van der Waals surface area contributed by atoms with Gasteiger partial charge in [-0.15, -0.1) is 0 Å². The van der Waals surface area contributed by atoms with Crippen molar-refractivity contribution >= 4 is 39.1 Å². The minimum Gasteiger partial charge on any atom is -0.508 e. The Morgan fingerprint density at radius 2 is 1.95 bits per heavy atom. The highest BCUT2D eigenvalue weighted by atomic mass is 35.5. The van der Waals surface area contributed by atoms with Gasteiger partial charge in [-0.3, -0.25) is 4.90 Å². The maximum absolute atomic E-state index is 17.0. The minimum atomic E-state index is -0.879. The monoisotopic (exact) mass is 619 g/mol. The average Bonchev–Trinajstić information content (AvgIpc) is 3.65. The molecule has 2 unspecified atom stereocenters. The van der Waals surface area contributed by atoms with E-state index in [-0.39, 0.29) is 40.0 Å². The van der Waals surface area contributed by atoms with E-state index in [1.54, 1.807) is 18.2 Å². The van der Waals surface area contributed by atoms with Crippen molar-refractivity contribution in [3.63, 3.8) is 0 Å². The highest BCUT2D eigenvalue weighted by Crippen LogP contribution is 2.44. The zero-order valence-electron chi connectivity index (χ0n) is 24.8. The van der Waals surface area contributed by atoms with Crippen LogP contribution in [0.25, 0.3) is 32.8 Å². The first-order valence-electron chi connectivity index (χ1n) is 15.8. The number of nitrogens with zero attached hydrogens (tertiary/aromatic N) is 4. The maximum Gasteiger partial charge on any atom is 0.319 e. The number of aromatic hydroxyl groups is 1. The predicted octanol–water partition coefficient (Wildman–Crippen LogP) is 6.41. The van der Waals surface area contributed by atoms with Crippen molar-refractivity contribution in [3.8, 4) is 22.9 Å². The number of anilines is 1. The predicted molar refractivity (Wildman–Crippen MR) is 169 cm³/mol. The summed E-state index contributed by atoms with van der Waals surface area (Å²) in [6, 6.07) is 11.6. The second-order valence-electron chi connectivity index (χ2n) is 13.0. The molecule has 0 amide bonds. The summed E-state index contributed by atoms with van der Waals surface area (Å²) >= 11 is 6.95. The van der Waals surface area contributed by atoms with E-state index in [0.29, 0.717) is 41.8 Å². The Balaban J connectivity index is 1.29. The Labute approximate surface area is 260 Å². The zero-order chi connectivity index (χ0) is 30.2. The minimum absolute atomic E-state index is 0.0307. The molecular weight excluding hydrogens is 584 g/mol. The molecule has 1 aromatic heterocycles. The number of benzene rings is 3. The topological polar surface area (TPSA) is 73.8 Å². The molecule has 2 bridgehead atoms. The molecule has 0 spiro atoms. The lowest BCUT2D eigenvalue weighted by Crippen LogP contribution is -2.51. The van der Waals surface area contributed by atoms with Crippen LogP contribution in [-0.2, 0) is 6.42 Å². The fourth-order valence-corrected chi connectivity index (χ4v) is 8.61. The van der Waals surface area contributed by atoms with Gasteiger partial charge in [-0.05, 0) is 78.7 Å². The Bertz CT molecular complexity index is 1780. The third-order valence-electron chi connectivity index (χ3n) is 10.3. The van der Waals surface area contributed by atoms with Crippen LogP contribution < -0.4 is 15.0 Å². The Kier molecular flexibility index (Phi) is 6.84. The van der Waals surface area contributed by atoms with Gasteiger partial charge in [0.2, 0.25) is 0 Å². The molecule has 0 saturated carbocycles. The van der Waals surface area contributed by atoms with Crippen molar-refractivity contribution in [2.45, 2.75) is 69.2 Å². The van der Waals surface area contributed by atoms with Gasteiger partial charge in [-0.2, -0.15) is 9.97 Å². The number of rotatable bonds is 6. The van der Waals surface area contributed by atoms with Crippen LogP contribution in [0.15, 0.2) is 36.4 Å². The number of phenolic OH excluding ortho intramolecular Hbond substituents is 1. The number of hydrogen-bond acceptors (Lipinski definition) is 7. The molecule has 0 aliphatic carbocycles. The highest BCUT2D eigenvalue weighted by Gasteiger charge is 2.49. The molecule has 4 aliphatic heterocycles. The number of phenols is 1. The van der Waals surface area contributed by atoms with Crippen LogP contribution in [0.2, 0.25) is 5.02 Å². The molecule has 5 heterocycles. The number of aromatic nitrogens is 2. The van der Waals surface area contributed by atoms with Crippen molar-refractivity contribution in [1.29, 1.82) is 0 Å². The molecular formula is C34H36ClF2N5O2. The second-order valence-corrected chi connectivity index (χ2v) is 13.4. The summed E-state index contributed by atoms with van der Waals surface area (Å²) in [7, 11) is 0. The smallest absolute Gasteiger partial charge is 0.319 e. The Morgan fingerprint density at radius 3 is 2.75 bits per heavy atom. The Morgan fingerprint density at radius 1 is 1.14 bits per heavy atom. The summed E-state index contributed by atoms with van der Waals surface area (Å²) in [4.78, 5) is 13.9. The van der Waals surface area contributed by atoms with Crippen molar-refractivity contribution < 1.29 is 18.6 Å². The molecule has 4 aliphatic rings. The molecule has 3 aromatic carbocycles. The summed E-state index contributed by atoms with van der Waals surface area (Å²) < 4.78 is 37.8. The van der Waals surface area contributed by atoms with Crippen LogP contribution in [0.1, 0.15) is 44.6 Å². The lowest BCUT2D eigenvalue weighted by Gasteiger charge is -2.34. The van der Waals surface area contributed by atoms with Crippen molar-refractivity contribution in [1.82, 2.24) is 20.2 Å². The average molecular weight is 620 g/mol. The summed E-state index contributed by atoms with van der Waals surface area (Å²) in [5, 5.41) is 16.7. The van der Waals surface area contributed by atoms with Gasteiger partial charge in [0.25, 0.3) is 0 Å². The standard InChI is InChI=1S/C34H36ClF2N5O2/c1-2-19-5-3-6-20-11-24(43)12-25(28(19)20)29-27(35)13-26-31(30(29)37)39-33(40-32(26)41-16-22-7-8-23(17-41)38-22)44-18-34-9-4-10-42(34)15-21(36)14-34/h3,5-6,11-13,21-23,38,43H,2,4,7-10,14-18H2,1H3/t21-,22?,23?,34-/m1/s1. The summed E-state index contributed by atoms with van der Waals surface area (Å²) in [5.74, 6) is 0.0479. The van der Waals surface area contributed by atoms with Crippen LogP contribution in [0.4, 0.5) is 14.6 Å². The van der Waals surface area contributed by atoms with E-state index >= 15 is 4.39 Å². The number of hydrogen-bond donors (Lipinski definition) is 2. The summed E-state index contributed by atoms with van der Waals surface area (Å²) in [6.45, 7) is 5.05. The number of alkyl halides is 1. The van der Waals surface area contributed by atoms with Crippen molar-refractivity contribution in [2.24, 2.45) is 0 Å². The van der Waals surface area contributed by atoms with Gasteiger partial charge < -0.3 is 20.1 Å². The van der Waals surface area contributed by atoms with E-state index in [1.807, 2.05) is 25.1 Å². The lowest BCUT2D eigenvalue weighted by atomic mass is 9.92. The quantitative estimate of drug-likeness (QED) is 0.259. The lowest BCUT2D eigenvalue weighted by molar-refractivity contribution is 0.107. The second kappa shape index (κ2) is 10.7. The molecule has 7 nitrogen and oxygen atoms in total. The van der Waals surface area contributed by atoms with Crippen LogP contribution in [-0.4, -0.2) is 76.6 Å². The Hall–Kier alpha value is -3.27. The van der Waals surface area contributed by atoms with E-state index in [0.717, 1.165) is 68.1 Å². The highest BCUT2D eigenvalue weighted by molar-refractivity contribution is 6.35. The molecule has 4 fully saturated rings. The largest absolute Gasteiger partial charge is 0.508 e. The van der Waals surface area contributed by atoms with Gasteiger partial charge >= 0.3 is 6.01 Å². The zero-order valence-corrected chi connectivity index (χ0v) is 25.5. The van der Waals surface area contributed by atoms with Gasteiger partial charge in [-0.25, -0.2) is 8.78 Å². The first-order chi connectivity index (χ1) is 21.3. The van der Waals surface area contributed by atoms with Gasteiger partial charge in [0, 0.05) is 49.1 Å². The number of piperazine rings is 1. The van der Waals surface area contributed by atoms with E-state index in [2.05, 4.69) is 20.1 Å². The van der Waals surface area contributed by atoms with E-state index in [9.17, 15) is 9.50 Å². The van der Waals surface area contributed by atoms with Crippen molar-refractivity contribution in [3.05, 3.63) is 52.8 Å². The van der Waals surface area contributed by atoms with Crippen LogP contribution in [0.5, 0.6) is 11.8 Å². The molecule has 2 N–H and O–H groups in total. The van der Waals surface area contributed by atoms with E-state index in [4.69, 9.17) is 21.3 Å². The molecule has 4 saturated heterocycles. The van der Waals surface area contributed by atoms with Gasteiger partial charge in [-0.1, -0.05) is 36.7 Å². The van der Waals surface area contributed by atoms with E-state index in [1.165, 1.54) is 0 Å². The first-order valence-corrected chi connectivity index (χ1v) is 16.2. The summed E-state index contributed by atoms with van der Waals surface area (Å²) in [6.07, 6.45) is 4.30.